The van der Waals surface area contributed by atoms with E-state index in [-0.39, 0.29) is 0 Å². The summed E-state index contributed by atoms with van der Waals surface area (Å²) < 4.78 is 0. The summed E-state index contributed by atoms with van der Waals surface area (Å²) in [6, 6.07) is 80.8. The van der Waals surface area contributed by atoms with Crippen LogP contribution < -0.4 is 4.90 Å². The van der Waals surface area contributed by atoms with E-state index in [0.717, 1.165) is 39.6 Å². The fourth-order valence-electron chi connectivity index (χ4n) is 9.73. The van der Waals surface area contributed by atoms with Gasteiger partial charge in [-0.1, -0.05) is 164 Å². The standard InChI is InChI=1S/C60H39N3/c1-3-14-43(15-4-1)56-50-18-7-8-19-51(50)57(44-16-5-2-6-17-44)60-53-37-36-48(49-20-13-21-52(58(49)53)59(56)60)40-24-30-45(31-25-40)63(46-32-26-41(27-33-46)54-22-9-11-38-61-54)47-34-28-42(29-35-47)55-23-10-12-39-62-55/h1-39H. The third-order valence-electron chi connectivity index (χ3n) is 12.5. The lowest BCUT2D eigenvalue weighted by Crippen LogP contribution is -2.09. The molecule has 0 saturated heterocycles. The van der Waals surface area contributed by atoms with Crippen molar-refractivity contribution in [3.8, 4) is 78.1 Å². The molecular weight excluding hydrogens is 763 g/mol. The number of benzene rings is 9. The van der Waals surface area contributed by atoms with E-state index < -0.39 is 0 Å². The van der Waals surface area contributed by atoms with Gasteiger partial charge in [0.1, 0.15) is 0 Å². The molecule has 1 aliphatic rings. The van der Waals surface area contributed by atoms with Gasteiger partial charge in [-0.3, -0.25) is 9.97 Å². The average molecular weight is 802 g/mol. The zero-order valence-corrected chi connectivity index (χ0v) is 34.4. The number of fused-ring (bicyclic) bond motifs is 4. The molecule has 3 nitrogen and oxygen atoms in total. The summed E-state index contributed by atoms with van der Waals surface area (Å²) in [5.41, 5.74) is 19.9. The maximum absolute atomic E-state index is 4.59. The van der Waals surface area contributed by atoms with Crippen molar-refractivity contribution >= 4 is 38.6 Å². The van der Waals surface area contributed by atoms with Crippen molar-refractivity contribution in [1.82, 2.24) is 9.97 Å². The molecule has 0 aliphatic heterocycles. The highest BCUT2D eigenvalue weighted by molar-refractivity contribution is 6.28. The molecule has 0 atom stereocenters. The van der Waals surface area contributed by atoms with Crippen LogP contribution in [0.3, 0.4) is 0 Å². The highest BCUT2D eigenvalue weighted by Gasteiger charge is 2.31. The van der Waals surface area contributed by atoms with Crippen molar-refractivity contribution in [2.45, 2.75) is 0 Å². The summed E-state index contributed by atoms with van der Waals surface area (Å²) in [6.45, 7) is 0. The van der Waals surface area contributed by atoms with Gasteiger partial charge in [-0.15, -0.1) is 0 Å². The summed E-state index contributed by atoms with van der Waals surface area (Å²) >= 11 is 0. The van der Waals surface area contributed by atoms with Crippen molar-refractivity contribution < 1.29 is 0 Å². The Labute approximate surface area is 366 Å². The van der Waals surface area contributed by atoms with E-state index in [0.29, 0.717) is 0 Å². The molecule has 3 heteroatoms. The molecule has 11 aromatic rings. The van der Waals surface area contributed by atoms with Crippen molar-refractivity contribution in [2.75, 3.05) is 4.90 Å². The maximum atomic E-state index is 4.59. The highest BCUT2D eigenvalue weighted by atomic mass is 15.1. The SMILES string of the molecule is c1ccc(-c2c3c(c(-c4ccccc4)c4ccccc24)-c2ccc(-c4ccc(N(c5ccc(-c6ccccn6)cc5)c5ccc(-c6ccccn6)cc5)cc4)c4cccc-3c24)cc1. The molecule has 2 heterocycles. The van der Waals surface area contributed by atoms with Gasteiger partial charge < -0.3 is 4.90 Å². The van der Waals surface area contributed by atoms with E-state index in [4.69, 9.17) is 0 Å². The highest BCUT2D eigenvalue weighted by Crippen LogP contribution is 2.58. The normalized spacial score (nSPS) is 11.5. The van der Waals surface area contributed by atoms with Gasteiger partial charge in [-0.25, -0.2) is 0 Å². The number of pyridine rings is 2. The lowest BCUT2D eigenvalue weighted by atomic mass is 9.82. The second kappa shape index (κ2) is 15.3. The monoisotopic (exact) mass is 801 g/mol. The zero-order valence-electron chi connectivity index (χ0n) is 34.4. The molecule has 0 spiro atoms. The van der Waals surface area contributed by atoms with Gasteiger partial charge in [0.2, 0.25) is 0 Å². The Hall–Kier alpha value is -8.40. The molecular formula is C60H39N3. The van der Waals surface area contributed by atoms with Crippen molar-refractivity contribution in [3.05, 3.63) is 237 Å². The van der Waals surface area contributed by atoms with E-state index in [1.807, 2.05) is 48.8 Å². The number of anilines is 3. The second-order valence-corrected chi connectivity index (χ2v) is 16.1. The number of nitrogens with zero attached hydrogens (tertiary/aromatic N) is 3. The molecule has 63 heavy (non-hydrogen) atoms. The van der Waals surface area contributed by atoms with Crippen LogP contribution in [0.5, 0.6) is 0 Å². The van der Waals surface area contributed by atoms with Crippen LogP contribution in [0.1, 0.15) is 0 Å². The van der Waals surface area contributed by atoms with Gasteiger partial charge in [0.05, 0.1) is 11.4 Å². The molecule has 0 unspecified atom stereocenters. The molecule has 12 rings (SSSR count). The molecule has 294 valence electrons. The van der Waals surface area contributed by atoms with E-state index in [2.05, 4.69) is 203 Å². The fraction of sp³-hybridized carbons (Fsp3) is 0. The van der Waals surface area contributed by atoms with E-state index in [9.17, 15) is 0 Å². The molecule has 9 aromatic carbocycles. The first-order valence-electron chi connectivity index (χ1n) is 21.5. The Bertz CT molecular complexity index is 3260. The lowest BCUT2D eigenvalue weighted by molar-refractivity contribution is 1.27. The number of hydrogen-bond donors (Lipinski definition) is 0. The average Bonchev–Trinajstić information content (AvgIpc) is 3.69. The van der Waals surface area contributed by atoms with Crippen LogP contribution >= 0.6 is 0 Å². The van der Waals surface area contributed by atoms with Crippen molar-refractivity contribution in [1.29, 1.82) is 0 Å². The lowest BCUT2D eigenvalue weighted by Gasteiger charge is -2.26. The molecule has 2 aromatic heterocycles. The Morgan fingerprint density at radius 3 is 1.14 bits per heavy atom. The van der Waals surface area contributed by atoms with Gasteiger partial charge in [0.15, 0.2) is 0 Å². The Morgan fingerprint density at radius 2 is 0.667 bits per heavy atom. The summed E-state index contributed by atoms with van der Waals surface area (Å²) in [5, 5.41) is 5.10. The van der Waals surface area contributed by atoms with Crippen LogP contribution in [-0.2, 0) is 0 Å². The quantitative estimate of drug-likeness (QED) is 0.153. The Balaban J connectivity index is 0.997. The third kappa shape index (κ3) is 6.21. The molecule has 0 radical (unpaired) electrons. The van der Waals surface area contributed by atoms with Crippen LogP contribution in [-0.4, -0.2) is 9.97 Å². The Kier molecular flexibility index (Phi) is 8.83. The summed E-state index contributed by atoms with van der Waals surface area (Å²) in [4.78, 5) is 11.5. The van der Waals surface area contributed by atoms with Gasteiger partial charge >= 0.3 is 0 Å². The second-order valence-electron chi connectivity index (χ2n) is 16.1. The van der Waals surface area contributed by atoms with Crippen LogP contribution in [0.4, 0.5) is 17.1 Å². The van der Waals surface area contributed by atoms with Gasteiger partial charge in [-0.05, 0) is 138 Å². The molecule has 0 N–H and O–H groups in total. The number of hydrogen-bond acceptors (Lipinski definition) is 3. The fourth-order valence-corrected chi connectivity index (χ4v) is 9.73. The van der Waals surface area contributed by atoms with E-state index >= 15 is 0 Å². The van der Waals surface area contributed by atoms with Gasteiger partial charge in [0.25, 0.3) is 0 Å². The van der Waals surface area contributed by atoms with Gasteiger partial charge in [-0.2, -0.15) is 0 Å². The smallest absolute Gasteiger partial charge is 0.0701 e. The minimum Gasteiger partial charge on any atom is -0.311 e. The Morgan fingerprint density at radius 1 is 0.254 bits per heavy atom. The van der Waals surface area contributed by atoms with Gasteiger partial charge in [0, 0.05) is 40.6 Å². The zero-order chi connectivity index (χ0) is 41.7. The molecule has 1 aliphatic carbocycles. The summed E-state index contributed by atoms with van der Waals surface area (Å²) in [7, 11) is 0. The van der Waals surface area contributed by atoms with Crippen LogP contribution in [0.2, 0.25) is 0 Å². The third-order valence-corrected chi connectivity index (χ3v) is 12.5. The van der Waals surface area contributed by atoms with Crippen molar-refractivity contribution in [2.24, 2.45) is 0 Å². The summed E-state index contributed by atoms with van der Waals surface area (Å²) in [5.74, 6) is 0. The topological polar surface area (TPSA) is 29.0 Å². The van der Waals surface area contributed by atoms with E-state index in [1.165, 1.54) is 77.2 Å². The minimum absolute atomic E-state index is 0.953. The molecule has 0 amide bonds. The molecule has 0 saturated carbocycles. The summed E-state index contributed by atoms with van der Waals surface area (Å²) in [6.07, 6.45) is 3.68. The maximum Gasteiger partial charge on any atom is 0.0701 e. The number of rotatable bonds is 8. The first-order chi connectivity index (χ1) is 31.3. The largest absolute Gasteiger partial charge is 0.311 e. The van der Waals surface area contributed by atoms with Crippen LogP contribution in [0.15, 0.2) is 237 Å². The number of aromatic nitrogens is 2. The molecule has 0 fully saturated rings. The van der Waals surface area contributed by atoms with Crippen LogP contribution in [0, 0.1) is 0 Å². The van der Waals surface area contributed by atoms with E-state index in [1.54, 1.807) is 0 Å². The first-order valence-corrected chi connectivity index (χ1v) is 21.5. The minimum atomic E-state index is 0.953. The van der Waals surface area contributed by atoms with Crippen LogP contribution in [0.25, 0.3) is 99.7 Å². The predicted molar refractivity (Wildman–Crippen MR) is 263 cm³/mol. The predicted octanol–water partition coefficient (Wildman–Crippen LogP) is 16.2. The molecule has 0 bridgehead atoms. The first kappa shape index (κ1) is 36.5. The van der Waals surface area contributed by atoms with Crippen molar-refractivity contribution in [3.63, 3.8) is 0 Å².